The zero-order valence-electron chi connectivity index (χ0n) is 16.7. The molecule has 4 nitrogen and oxygen atoms in total. The maximum atomic E-state index is 5.70. The van der Waals surface area contributed by atoms with Gasteiger partial charge in [-0.2, -0.15) is 5.10 Å². The van der Waals surface area contributed by atoms with Gasteiger partial charge in [-0.3, -0.25) is 4.99 Å². The molecule has 1 aliphatic rings. The lowest BCUT2D eigenvalue weighted by Gasteiger charge is -2.43. The summed E-state index contributed by atoms with van der Waals surface area (Å²) in [5, 5.41) is 4.06. The van der Waals surface area contributed by atoms with E-state index >= 15 is 0 Å². The molecule has 0 aromatic carbocycles. The molecule has 1 heterocycles. The van der Waals surface area contributed by atoms with E-state index in [-0.39, 0.29) is 10.8 Å². The van der Waals surface area contributed by atoms with Crippen molar-refractivity contribution in [2.45, 2.75) is 79.7 Å². The number of nitrogens with two attached hydrogens (primary N) is 1. The standard InChI is InChI=1S/C20H38N4/c1-8-9-12-22-15-17(23-21)20(6,7)14-18(19(3,4)5)24-13-10-11-16(24)2/h15,18H,2,8-14,21H2,1,3-7H3/b22-15?,23-17+. The second-order valence-corrected chi connectivity index (χ2v) is 8.74. The summed E-state index contributed by atoms with van der Waals surface area (Å²) in [5.74, 6) is 5.70. The predicted molar refractivity (Wildman–Crippen MR) is 107 cm³/mol. The van der Waals surface area contributed by atoms with Crippen molar-refractivity contribution in [3.8, 4) is 0 Å². The van der Waals surface area contributed by atoms with Crippen LogP contribution < -0.4 is 5.84 Å². The minimum atomic E-state index is -0.120. The molecule has 0 amide bonds. The number of hydrazone groups is 1. The van der Waals surface area contributed by atoms with Crippen LogP contribution in [0.4, 0.5) is 0 Å². The van der Waals surface area contributed by atoms with Crippen molar-refractivity contribution in [1.82, 2.24) is 4.90 Å². The number of aliphatic imine (C=N–C) groups is 1. The minimum Gasteiger partial charge on any atom is -0.372 e. The van der Waals surface area contributed by atoms with Crippen molar-refractivity contribution < 1.29 is 0 Å². The molecule has 0 aromatic heterocycles. The first kappa shape index (κ1) is 20.7. The Morgan fingerprint density at radius 3 is 2.46 bits per heavy atom. The van der Waals surface area contributed by atoms with Crippen molar-refractivity contribution in [3.05, 3.63) is 12.3 Å². The smallest absolute Gasteiger partial charge is 0.0835 e. The first-order valence-corrected chi connectivity index (χ1v) is 9.36. The van der Waals surface area contributed by atoms with Crippen LogP contribution in [-0.4, -0.2) is 36.0 Å². The molecule has 1 aliphatic heterocycles. The third kappa shape index (κ3) is 5.64. The Labute approximate surface area is 149 Å². The number of nitrogens with zero attached hydrogens (tertiary/aromatic N) is 3. The molecule has 0 aromatic rings. The topological polar surface area (TPSA) is 54.0 Å². The van der Waals surface area contributed by atoms with Gasteiger partial charge in [0.2, 0.25) is 0 Å². The van der Waals surface area contributed by atoms with Gasteiger partial charge in [0, 0.05) is 36.5 Å². The molecule has 138 valence electrons. The number of rotatable bonds is 8. The number of unbranched alkanes of at least 4 members (excludes halogenated alkanes) is 1. The number of allylic oxidation sites excluding steroid dienone is 1. The Hall–Kier alpha value is -1.32. The lowest BCUT2D eigenvalue weighted by atomic mass is 9.73. The third-order valence-electron chi connectivity index (χ3n) is 5.04. The van der Waals surface area contributed by atoms with Gasteiger partial charge in [-0.05, 0) is 31.1 Å². The summed E-state index contributed by atoms with van der Waals surface area (Å²) in [6.45, 7) is 19.8. The fourth-order valence-electron chi connectivity index (χ4n) is 3.39. The highest BCUT2D eigenvalue weighted by Crippen LogP contribution is 2.39. The van der Waals surface area contributed by atoms with Crippen molar-refractivity contribution in [1.29, 1.82) is 0 Å². The van der Waals surface area contributed by atoms with Crippen LogP contribution in [0.5, 0.6) is 0 Å². The second kappa shape index (κ2) is 8.68. The molecule has 4 heteroatoms. The first-order valence-electron chi connectivity index (χ1n) is 9.36. The summed E-state index contributed by atoms with van der Waals surface area (Å²) in [4.78, 5) is 7.02. The van der Waals surface area contributed by atoms with Crippen LogP contribution in [0.25, 0.3) is 0 Å². The molecular formula is C20H38N4. The molecule has 2 N–H and O–H groups in total. The molecule has 24 heavy (non-hydrogen) atoms. The summed E-state index contributed by atoms with van der Waals surface area (Å²) < 4.78 is 0. The number of likely N-dealkylation sites (tertiary alicyclic amines) is 1. The highest BCUT2D eigenvalue weighted by molar-refractivity contribution is 6.32. The van der Waals surface area contributed by atoms with Crippen LogP contribution >= 0.6 is 0 Å². The van der Waals surface area contributed by atoms with Gasteiger partial charge in [-0.25, -0.2) is 0 Å². The van der Waals surface area contributed by atoms with Gasteiger partial charge in [-0.15, -0.1) is 0 Å². The van der Waals surface area contributed by atoms with Crippen molar-refractivity contribution >= 4 is 11.9 Å². The summed E-state index contributed by atoms with van der Waals surface area (Å²) in [6, 6.07) is 0.420. The van der Waals surface area contributed by atoms with Crippen LogP contribution in [0, 0.1) is 10.8 Å². The van der Waals surface area contributed by atoms with E-state index in [2.05, 4.69) is 63.1 Å². The maximum Gasteiger partial charge on any atom is 0.0835 e. The number of hydrogen-bond acceptors (Lipinski definition) is 4. The van der Waals surface area contributed by atoms with Crippen molar-refractivity contribution in [3.63, 3.8) is 0 Å². The monoisotopic (exact) mass is 334 g/mol. The fourth-order valence-corrected chi connectivity index (χ4v) is 3.39. The lowest BCUT2D eigenvalue weighted by Crippen LogP contribution is -2.46. The van der Waals surface area contributed by atoms with Gasteiger partial charge < -0.3 is 10.7 Å². The highest BCUT2D eigenvalue weighted by Gasteiger charge is 2.38. The maximum absolute atomic E-state index is 5.70. The molecular weight excluding hydrogens is 296 g/mol. The molecule has 1 rings (SSSR count). The summed E-state index contributed by atoms with van der Waals surface area (Å²) in [7, 11) is 0. The third-order valence-corrected chi connectivity index (χ3v) is 5.04. The molecule has 1 saturated heterocycles. The normalized spacial score (nSPS) is 18.7. The van der Waals surface area contributed by atoms with E-state index in [1.807, 2.05) is 6.21 Å². The van der Waals surface area contributed by atoms with Gasteiger partial charge in [0.25, 0.3) is 0 Å². The van der Waals surface area contributed by atoms with Gasteiger partial charge in [0.15, 0.2) is 0 Å². The minimum absolute atomic E-state index is 0.120. The van der Waals surface area contributed by atoms with E-state index in [0.717, 1.165) is 44.5 Å². The van der Waals surface area contributed by atoms with E-state index in [4.69, 9.17) is 5.84 Å². The van der Waals surface area contributed by atoms with Gasteiger partial charge >= 0.3 is 0 Å². The molecule has 0 saturated carbocycles. The zero-order valence-corrected chi connectivity index (χ0v) is 16.7. The number of hydrogen-bond donors (Lipinski definition) is 1. The van der Waals surface area contributed by atoms with Crippen LogP contribution in [0.1, 0.15) is 73.6 Å². The Morgan fingerprint density at radius 1 is 1.33 bits per heavy atom. The van der Waals surface area contributed by atoms with Crippen molar-refractivity contribution in [2.24, 2.45) is 26.8 Å². The Kier molecular flexibility index (Phi) is 7.50. The van der Waals surface area contributed by atoms with Gasteiger partial charge in [0.05, 0.1) is 5.71 Å². The summed E-state index contributed by atoms with van der Waals surface area (Å²) in [5.41, 5.74) is 2.21. The lowest BCUT2D eigenvalue weighted by molar-refractivity contribution is 0.116. The van der Waals surface area contributed by atoms with Crippen molar-refractivity contribution in [2.75, 3.05) is 13.1 Å². The van der Waals surface area contributed by atoms with E-state index in [0.29, 0.717) is 6.04 Å². The first-order chi connectivity index (χ1) is 11.1. The second-order valence-electron chi connectivity index (χ2n) is 8.74. The van der Waals surface area contributed by atoms with E-state index in [9.17, 15) is 0 Å². The van der Waals surface area contributed by atoms with Crippen LogP contribution in [0.3, 0.4) is 0 Å². The van der Waals surface area contributed by atoms with E-state index in [1.165, 1.54) is 12.1 Å². The summed E-state index contributed by atoms with van der Waals surface area (Å²) >= 11 is 0. The molecule has 1 fully saturated rings. The van der Waals surface area contributed by atoms with Crippen LogP contribution in [0.15, 0.2) is 22.4 Å². The zero-order chi connectivity index (χ0) is 18.4. The molecule has 0 radical (unpaired) electrons. The molecule has 0 spiro atoms. The molecule has 1 unspecified atom stereocenters. The fraction of sp³-hybridized carbons (Fsp3) is 0.800. The molecule has 1 atom stereocenters. The summed E-state index contributed by atoms with van der Waals surface area (Å²) in [6.07, 6.45) is 7.46. The van der Waals surface area contributed by atoms with E-state index < -0.39 is 0 Å². The molecule has 0 bridgehead atoms. The SMILES string of the molecule is C=C1CCCN1C(CC(C)(C)/C(C=NCCCC)=N/N)C(C)(C)C. The average Bonchev–Trinajstić information content (AvgIpc) is 2.89. The predicted octanol–water partition coefficient (Wildman–Crippen LogP) is 4.61. The van der Waals surface area contributed by atoms with Crippen LogP contribution in [-0.2, 0) is 0 Å². The average molecular weight is 335 g/mol. The Balaban J connectivity index is 2.93. The van der Waals surface area contributed by atoms with Gasteiger partial charge in [-0.1, -0.05) is 54.5 Å². The Morgan fingerprint density at radius 2 is 2.00 bits per heavy atom. The van der Waals surface area contributed by atoms with Gasteiger partial charge in [0.1, 0.15) is 0 Å². The van der Waals surface area contributed by atoms with E-state index in [1.54, 1.807) is 0 Å². The van der Waals surface area contributed by atoms with Crippen LogP contribution in [0.2, 0.25) is 0 Å². The quantitative estimate of drug-likeness (QED) is 0.305. The largest absolute Gasteiger partial charge is 0.372 e. The highest BCUT2D eigenvalue weighted by atomic mass is 15.2. The Bertz CT molecular complexity index is 469. The molecule has 0 aliphatic carbocycles.